The van der Waals surface area contributed by atoms with Gasteiger partial charge in [0.15, 0.2) is 5.78 Å². The molecule has 1 atom stereocenters. The summed E-state index contributed by atoms with van der Waals surface area (Å²) in [6, 6.07) is -0.543. The molecule has 0 aliphatic rings. The number of hydrogen-bond donors (Lipinski definition) is 3. The minimum atomic E-state index is -0.870. The van der Waals surface area contributed by atoms with Gasteiger partial charge in [-0.2, -0.15) is 0 Å². The Kier molecular flexibility index (Phi) is 8.47. The lowest BCUT2D eigenvalue weighted by molar-refractivity contribution is -0.139. The van der Waals surface area contributed by atoms with Gasteiger partial charge in [-0.25, -0.2) is 0 Å². The number of carboxylic acids is 1. The summed E-state index contributed by atoms with van der Waals surface area (Å²) in [6.07, 6.45) is 4.32. The van der Waals surface area contributed by atoms with E-state index in [1.165, 1.54) is 19.1 Å². The highest BCUT2D eigenvalue weighted by Crippen LogP contribution is 2.00. The van der Waals surface area contributed by atoms with Crippen LogP contribution in [0.2, 0.25) is 0 Å². The van der Waals surface area contributed by atoms with E-state index in [1.54, 1.807) is 7.05 Å². The first-order valence-corrected chi connectivity index (χ1v) is 5.84. The smallest absolute Gasteiger partial charge is 0.320 e. The molecule has 0 unspecified atom stereocenters. The van der Waals surface area contributed by atoms with Crippen LogP contribution in [-0.4, -0.2) is 42.4 Å². The highest BCUT2D eigenvalue weighted by molar-refractivity contribution is 5.96. The van der Waals surface area contributed by atoms with Crippen LogP contribution in [0.1, 0.15) is 26.2 Å². The maximum Gasteiger partial charge on any atom is 0.320 e. The number of ketones is 1. The van der Waals surface area contributed by atoms with Crippen molar-refractivity contribution >= 4 is 17.7 Å². The third-order valence-corrected chi connectivity index (χ3v) is 2.33. The maximum absolute atomic E-state index is 11.2. The van der Waals surface area contributed by atoms with Crippen molar-refractivity contribution in [2.75, 3.05) is 13.6 Å². The molecule has 0 radical (unpaired) electrons. The molecule has 0 aromatic heterocycles. The van der Waals surface area contributed by atoms with Crippen molar-refractivity contribution < 1.29 is 19.5 Å². The number of rotatable bonds is 9. The minimum Gasteiger partial charge on any atom is -0.480 e. The summed E-state index contributed by atoms with van der Waals surface area (Å²) in [6.45, 7) is 1.84. The van der Waals surface area contributed by atoms with E-state index in [0.29, 0.717) is 25.8 Å². The SMILES string of the molecule is CN[C@H](CCCCNC(=O)/C=C/C(C)=O)C(=O)O. The molecule has 0 heterocycles. The molecule has 1 amide bonds. The maximum atomic E-state index is 11.2. The second kappa shape index (κ2) is 9.35. The van der Waals surface area contributed by atoms with Crippen LogP contribution in [0.15, 0.2) is 12.2 Å². The molecule has 102 valence electrons. The molecular formula is C12H20N2O4. The first-order chi connectivity index (χ1) is 8.47. The molecule has 0 saturated heterocycles. The summed E-state index contributed by atoms with van der Waals surface area (Å²) in [5.74, 6) is -1.36. The number of carbonyl (C=O) groups is 3. The van der Waals surface area contributed by atoms with Gasteiger partial charge in [0, 0.05) is 12.6 Å². The number of unbranched alkanes of at least 4 members (excludes halogenated alkanes) is 1. The molecule has 0 fully saturated rings. The molecule has 6 heteroatoms. The zero-order valence-corrected chi connectivity index (χ0v) is 10.7. The van der Waals surface area contributed by atoms with Crippen LogP contribution >= 0.6 is 0 Å². The fourth-order valence-electron chi connectivity index (χ4n) is 1.33. The molecule has 0 bridgehead atoms. The largest absolute Gasteiger partial charge is 0.480 e. The third-order valence-electron chi connectivity index (χ3n) is 2.33. The Morgan fingerprint density at radius 1 is 1.22 bits per heavy atom. The Hall–Kier alpha value is -1.69. The van der Waals surface area contributed by atoms with Crippen molar-refractivity contribution in [3.05, 3.63) is 12.2 Å². The summed E-state index contributed by atoms with van der Waals surface area (Å²) in [4.78, 5) is 32.4. The van der Waals surface area contributed by atoms with Crippen molar-refractivity contribution in [3.8, 4) is 0 Å². The van der Waals surface area contributed by atoms with Gasteiger partial charge in [-0.1, -0.05) is 0 Å². The Morgan fingerprint density at radius 2 is 1.89 bits per heavy atom. The van der Waals surface area contributed by atoms with E-state index in [0.717, 1.165) is 0 Å². The molecular weight excluding hydrogens is 236 g/mol. The summed E-state index contributed by atoms with van der Waals surface area (Å²) in [7, 11) is 1.60. The molecule has 0 saturated carbocycles. The molecule has 0 spiro atoms. The lowest BCUT2D eigenvalue weighted by Gasteiger charge is -2.10. The number of amides is 1. The number of aliphatic carboxylic acids is 1. The Balaban J connectivity index is 3.65. The topological polar surface area (TPSA) is 95.5 Å². The van der Waals surface area contributed by atoms with Gasteiger partial charge in [0.05, 0.1) is 0 Å². The third kappa shape index (κ3) is 8.46. The number of hydrogen-bond acceptors (Lipinski definition) is 4. The van der Waals surface area contributed by atoms with E-state index in [4.69, 9.17) is 5.11 Å². The zero-order chi connectivity index (χ0) is 14.0. The van der Waals surface area contributed by atoms with E-state index in [9.17, 15) is 14.4 Å². The van der Waals surface area contributed by atoms with Crippen LogP contribution in [0, 0.1) is 0 Å². The van der Waals surface area contributed by atoms with E-state index in [-0.39, 0.29) is 11.7 Å². The van der Waals surface area contributed by atoms with Gasteiger partial charge in [-0.15, -0.1) is 0 Å². The Labute approximate surface area is 106 Å². The predicted octanol–water partition coefficient (Wildman–Crippen LogP) is 0.0907. The van der Waals surface area contributed by atoms with Crippen LogP contribution in [0.3, 0.4) is 0 Å². The average molecular weight is 256 g/mol. The molecule has 0 aromatic rings. The molecule has 0 aliphatic heterocycles. The molecule has 6 nitrogen and oxygen atoms in total. The number of nitrogens with one attached hydrogen (secondary N) is 2. The van der Waals surface area contributed by atoms with E-state index < -0.39 is 12.0 Å². The summed E-state index contributed by atoms with van der Waals surface area (Å²) >= 11 is 0. The molecule has 0 aliphatic carbocycles. The van der Waals surface area contributed by atoms with Gasteiger partial charge < -0.3 is 15.7 Å². The van der Waals surface area contributed by atoms with Gasteiger partial charge in [-0.3, -0.25) is 14.4 Å². The van der Waals surface area contributed by atoms with Crippen molar-refractivity contribution in [3.63, 3.8) is 0 Å². The number of carboxylic acid groups (broad SMARTS) is 1. The first-order valence-electron chi connectivity index (χ1n) is 5.84. The van der Waals surface area contributed by atoms with E-state index in [2.05, 4.69) is 10.6 Å². The number of likely N-dealkylation sites (N-methyl/N-ethyl adjacent to an activating group) is 1. The summed E-state index contributed by atoms with van der Waals surface area (Å²) in [5.41, 5.74) is 0. The first kappa shape index (κ1) is 16.3. The van der Waals surface area contributed by atoms with Gasteiger partial charge in [0.2, 0.25) is 5.91 Å². The monoisotopic (exact) mass is 256 g/mol. The van der Waals surface area contributed by atoms with Gasteiger partial charge in [0.1, 0.15) is 6.04 Å². The Morgan fingerprint density at radius 3 is 2.39 bits per heavy atom. The van der Waals surface area contributed by atoms with Crippen molar-refractivity contribution in [1.82, 2.24) is 10.6 Å². The highest BCUT2D eigenvalue weighted by Gasteiger charge is 2.13. The fourth-order valence-corrected chi connectivity index (χ4v) is 1.33. The standard InChI is InChI=1S/C12H20N2O4/c1-9(15)6-7-11(16)14-8-4-3-5-10(13-2)12(17)18/h6-7,10,13H,3-5,8H2,1-2H3,(H,14,16)(H,17,18)/b7-6+/t10-/m1/s1. The van der Waals surface area contributed by atoms with Crippen molar-refractivity contribution in [2.45, 2.75) is 32.2 Å². The van der Waals surface area contributed by atoms with E-state index in [1.807, 2.05) is 0 Å². The molecule has 0 rings (SSSR count). The molecule has 3 N–H and O–H groups in total. The molecule has 0 aromatic carbocycles. The minimum absolute atomic E-state index is 0.177. The van der Waals surface area contributed by atoms with Crippen LogP contribution < -0.4 is 10.6 Å². The van der Waals surface area contributed by atoms with Crippen molar-refractivity contribution in [2.24, 2.45) is 0 Å². The van der Waals surface area contributed by atoms with Crippen LogP contribution in [0.25, 0.3) is 0 Å². The average Bonchev–Trinajstić information content (AvgIpc) is 2.30. The summed E-state index contributed by atoms with van der Waals surface area (Å²) < 4.78 is 0. The lowest BCUT2D eigenvalue weighted by atomic mass is 10.1. The predicted molar refractivity (Wildman–Crippen MR) is 67.2 cm³/mol. The molecule has 18 heavy (non-hydrogen) atoms. The van der Waals surface area contributed by atoms with Gasteiger partial charge >= 0.3 is 5.97 Å². The van der Waals surface area contributed by atoms with Crippen molar-refractivity contribution in [1.29, 1.82) is 0 Å². The van der Waals surface area contributed by atoms with Crippen LogP contribution in [-0.2, 0) is 14.4 Å². The lowest BCUT2D eigenvalue weighted by Crippen LogP contribution is -2.33. The highest BCUT2D eigenvalue weighted by atomic mass is 16.4. The summed E-state index contributed by atoms with van der Waals surface area (Å²) in [5, 5.41) is 14.1. The zero-order valence-electron chi connectivity index (χ0n) is 10.7. The Bertz CT molecular complexity index is 326. The second-order valence-electron chi connectivity index (χ2n) is 3.91. The van der Waals surface area contributed by atoms with Gasteiger partial charge in [0.25, 0.3) is 0 Å². The van der Waals surface area contributed by atoms with E-state index >= 15 is 0 Å². The van der Waals surface area contributed by atoms with Crippen LogP contribution in [0.5, 0.6) is 0 Å². The number of allylic oxidation sites excluding steroid dienone is 1. The second-order valence-corrected chi connectivity index (χ2v) is 3.91. The van der Waals surface area contributed by atoms with Gasteiger partial charge in [-0.05, 0) is 39.3 Å². The number of carbonyl (C=O) groups excluding carboxylic acids is 2. The normalized spacial score (nSPS) is 12.3. The fraction of sp³-hybridized carbons (Fsp3) is 0.583. The van der Waals surface area contributed by atoms with Crippen LogP contribution in [0.4, 0.5) is 0 Å². The quantitative estimate of drug-likeness (QED) is 0.401.